The third-order valence-electron chi connectivity index (χ3n) is 0.940. The molecule has 1 aromatic carbocycles. The summed E-state index contributed by atoms with van der Waals surface area (Å²) in [6, 6.07) is 9.60. The van der Waals surface area contributed by atoms with Crippen LogP contribution in [0.15, 0.2) is 30.3 Å². The van der Waals surface area contributed by atoms with Crippen molar-refractivity contribution in [2.24, 2.45) is 5.84 Å². The molecule has 0 radical (unpaired) electrons. The third-order valence-corrected chi connectivity index (χ3v) is 0.940. The van der Waals surface area contributed by atoms with Crippen molar-refractivity contribution >= 4 is 55.3 Å². The van der Waals surface area contributed by atoms with Crippen LogP contribution in [-0.4, -0.2) is 0 Å². The fourth-order valence-corrected chi connectivity index (χ4v) is 0.534. The van der Waals surface area contributed by atoms with Crippen LogP contribution >= 0.6 is 49.6 Å². The first-order valence-corrected chi connectivity index (χ1v) is 2.45. The van der Waals surface area contributed by atoms with Crippen molar-refractivity contribution in [3.63, 3.8) is 0 Å². The van der Waals surface area contributed by atoms with E-state index in [0.29, 0.717) is 0 Å². The van der Waals surface area contributed by atoms with Gasteiger partial charge in [0.05, 0.1) is 0 Å². The first-order valence-electron chi connectivity index (χ1n) is 2.45. The number of hydrogen-bond acceptors (Lipinski definition) is 2. The summed E-state index contributed by atoms with van der Waals surface area (Å²) in [6.07, 6.45) is 0. The van der Waals surface area contributed by atoms with E-state index in [4.69, 9.17) is 5.84 Å². The van der Waals surface area contributed by atoms with Crippen LogP contribution in [-0.2, 0) is 0 Å². The summed E-state index contributed by atoms with van der Waals surface area (Å²) in [7, 11) is 0. The molecule has 0 amide bonds. The molecule has 6 heteroatoms. The first kappa shape index (κ1) is 22.7. The highest BCUT2D eigenvalue weighted by molar-refractivity contribution is 5.86. The van der Waals surface area contributed by atoms with Gasteiger partial charge in [-0.1, -0.05) is 18.2 Å². The van der Waals surface area contributed by atoms with E-state index >= 15 is 0 Å². The van der Waals surface area contributed by atoms with E-state index in [1.54, 1.807) is 0 Å². The summed E-state index contributed by atoms with van der Waals surface area (Å²) in [6.45, 7) is 0. The number of benzene rings is 1. The van der Waals surface area contributed by atoms with Crippen LogP contribution in [0.5, 0.6) is 0 Å². The average molecular weight is 254 g/mol. The van der Waals surface area contributed by atoms with Gasteiger partial charge in [0.2, 0.25) is 0 Å². The third kappa shape index (κ3) is 8.24. The molecule has 0 atom stereocenters. The molecule has 3 N–H and O–H groups in total. The molecule has 0 aliphatic rings. The van der Waals surface area contributed by atoms with Gasteiger partial charge in [-0.25, -0.2) is 0 Å². The fraction of sp³-hybridized carbons (Fsp3) is 0. The van der Waals surface area contributed by atoms with Crippen LogP contribution in [0.1, 0.15) is 0 Å². The first-order chi connectivity index (χ1) is 3.93. The lowest BCUT2D eigenvalue weighted by Gasteiger charge is -1.94. The molecule has 0 saturated carbocycles. The maximum atomic E-state index is 5.10. The minimum atomic E-state index is 0. The summed E-state index contributed by atoms with van der Waals surface area (Å²) in [5, 5.41) is 0. The second-order valence-electron chi connectivity index (χ2n) is 1.51. The van der Waals surface area contributed by atoms with E-state index < -0.39 is 0 Å². The Kier molecular flexibility index (Phi) is 26.0. The largest absolute Gasteiger partial charge is 0.324 e. The van der Waals surface area contributed by atoms with Crippen molar-refractivity contribution in [2.45, 2.75) is 0 Å². The number of nitrogens with two attached hydrogens (primary N) is 1. The quantitative estimate of drug-likeness (QED) is 0.597. The Labute approximate surface area is 96.9 Å². The Hall–Kier alpha value is 0.140. The predicted octanol–water partition coefficient (Wildman–Crippen LogP) is 2.66. The number of hydrogen-bond donors (Lipinski definition) is 2. The number of halogens is 4. The molecule has 74 valence electrons. The monoisotopic (exact) mass is 252 g/mol. The second kappa shape index (κ2) is 13.7. The Morgan fingerprint density at radius 2 is 1.25 bits per heavy atom. The maximum Gasteiger partial charge on any atom is 0.0485 e. The molecule has 1 rings (SSSR count). The molecule has 0 spiro atoms. The highest BCUT2D eigenvalue weighted by Crippen LogP contribution is 2.00. The van der Waals surface area contributed by atoms with E-state index in [1.807, 2.05) is 30.3 Å². The molecule has 0 aliphatic heterocycles. The van der Waals surface area contributed by atoms with E-state index in [2.05, 4.69) is 5.43 Å². The molecule has 0 saturated heterocycles. The highest BCUT2D eigenvalue weighted by atomic mass is 35.5. The van der Waals surface area contributed by atoms with Crippen LogP contribution in [0.3, 0.4) is 0 Å². The Balaban J connectivity index is -0.0000000800. The lowest BCUT2D eigenvalue weighted by molar-refractivity contribution is 1.35. The lowest BCUT2D eigenvalue weighted by Crippen LogP contribution is -2.05. The molecule has 0 aliphatic carbocycles. The van der Waals surface area contributed by atoms with Gasteiger partial charge < -0.3 is 5.43 Å². The number of anilines is 1. The number of hydrazine groups is 1. The van der Waals surface area contributed by atoms with Gasteiger partial charge in [0.25, 0.3) is 0 Å². The SMILES string of the molecule is Cl.Cl.Cl.Cl.NNc1ccccc1. The molecule has 2 nitrogen and oxygen atoms in total. The zero-order chi connectivity index (χ0) is 5.82. The summed E-state index contributed by atoms with van der Waals surface area (Å²) in [4.78, 5) is 0. The topological polar surface area (TPSA) is 38.0 Å². The van der Waals surface area contributed by atoms with Crippen molar-refractivity contribution in [1.29, 1.82) is 0 Å². The van der Waals surface area contributed by atoms with Gasteiger partial charge in [-0.15, -0.1) is 49.6 Å². The molecule has 12 heavy (non-hydrogen) atoms. The highest BCUT2D eigenvalue weighted by Gasteiger charge is 1.78. The summed E-state index contributed by atoms with van der Waals surface area (Å²) in [5.74, 6) is 5.10. The Morgan fingerprint density at radius 1 is 0.833 bits per heavy atom. The average Bonchev–Trinajstić information content (AvgIpc) is 1.90. The minimum Gasteiger partial charge on any atom is -0.324 e. The van der Waals surface area contributed by atoms with Gasteiger partial charge in [-0.2, -0.15) is 0 Å². The van der Waals surface area contributed by atoms with Gasteiger partial charge in [0.1, 0.15) is 0 Å². The van der Waals surface area contributed by atoms with Crippen LogP contribution in [0.25, 0.3) is 0 Å². The molecule has 0 fully saturated rings. The summed E-state index contributed by atoms with van der Waals surface area (Å²) < 4.78 is 0. The van der Waals surface area contributed by atoms with Gasteiger partial charge in [-0.3, -0.25) is 5.84 Å². The van der Waals surface area contributed by atoms with Crippen LogP contribution < -0.4 is 11.3 Å². The maximum absolute atomic E-state index is 5.10. The van der Waals surface area contributed by atoms with Gasteiger partial charge in [0, 0.05) is 5.69 Å². The van der Waals surface area contributed by atoms with E-state index in [9.17, 15) is 0 Å². The van der Waals surface area contributed by atoms with Gasteiger partial charge >= 0.3 is 0 Å². The van der Waals surface area contributed by atoms with E-state index in [0.717, 1.165) is 5.69 Å². The Bertz CT molecular complexity index is 159. The van der Waals surface area contributed by atoms with Crippen LogP contribution in [0.2, 0.25) is 0 Å². The predicted molar refractivity (Wildman–Crippen MR) is 63.2 cm³/mol. The van der Waals surface area contributed by atoms with Gasteiger partial charge in [-0.05, 0) is 12.1 Å². The number of rotatable bonds is 1. The smallest absolute Gasteiger partial charge is 0.0485 e. The van der Waals surface area contributed by atoms with Crippen LogP contribution in [0.4, 0.5) is 5.69 Å². The molecule has 0 unspecified atom stereocenters. The number of para-hydroxylation sites is 1. The van der Waals surface area contributed by atoms with Crippen molar-refractivity contribution in [2.75, 3.05) is 5.43 Å². The molecule has 0 heterocycles. The molecular formula is C6H12Cl4N2. The van der Waals surface area contributed by atoms with Crippen molar-refractivity contribution in [3.8, 4) is 0 Å². The standard InChI is InChI=1S/C6H8N2.4ClH/c7-8-6-4-2-1-3-5-6;;;;/h1-5,8H,7H2;4*1H. The van der Waals surface area contributed by atoms with Gasteiger partial charge in [0.15, 0.2) is 0 Å². The van der Waals surface area contributed by atoms with Crippen molar-refractivity contribution in [1.82, 2.24) is 0 Å². The van der Waals surface area contributed by atoms with Crippen molar-refractivity contribution in [3.05, 3.63) is 30.3 Å². The van der Waals surface area contributed by atoms with E-state index in [-0.39, 0.29) is 49.6 Å². The molecule has 0 aromatic heterocycles. The Morgan fingerprint density at radius 3 is 1.50 bits per heavy atom. The number of nitrogens with one attached hydrogen (secondary N) is 1. The summed E-state index contributed by atoms with van der Waals surface area (Å²) >= 11 is 0. The molecule has 0 bridgehead atoms. The number of nitrogen functional groups attached to an aromatic ring is 1. The second-order valence-corrected chi connectivity index (χ2v) is 1.51. The molecule has 1 aromatic rings. The van der Waals surface area contributed by atoms with E-state index in [1.165, 1.54) is 0 Å². The van der Waals surface area contributed by atoms with Crippen LogP contribution in [0, 0.1) is 0 Å². The zero-order valence-corrected chi connectivity index (χ0v) is 9.36. The molecular weight excluding hydrogens is 242 g/mol. The lowest BCUT2D eigenvalue weighted by atomic mass is 10.3. The van der Waals surface area contributed by atoms with Crippen molar-refractivity contribution < 1.29 is 0 Å². The normalized spacial score (nSPS) is 5.75. The summed E-state index contributed by atoms with van der Waals surface area (Å²) in [5.41, 5.74) is 3.46. The fourth-order valence-electron chi connectivity index (χ4n) is 0.534. The minimum absolute atomic E-state index is 0. The zero-order valence-electron chi connectivity index (χ0n) is 6.10.